The van der Waals surface area contributed by atoms with Crippen molar-refractivity contribution in [3.8, 4) is 0 Å². The third-order valence-electron chi connectivity index (χ3n) is 3.91. The van der Waals surface area contributed by atoms with Crippen molar-refractivity contribution in [2.45, 2.75) is 12.8 Å². The Morgan fingerprint density at radius 1 is 0.722 bits per heavy atom. The van der Waals surface area contributed by atoms with E-state index in [2.05, 4.69) is 42.5 Å². The fraction of sp³-hybridized carbons (Fsp3) is 0.118. The van der Waals surface area contributed by atoms with Crippen LogP contribution in [0.5, 0.6) is 0 Å². The molecule has 0 N–H and O–H groups in total. The zero-order valence-electron chi connectivity index (χ0n) is 9.94. The summed E-state index contributed by atoms with van der Waals surface area (Å²) in [6.07, 6.45) is 1.57. The molecule has 0 saturated heterocycles. The van der Waals surface area contributed by atoms with Crippen molar-refractivity contribution < 1.29 is 4.79 Å². The van der Waals surface area contributed by atoms with Gasteiger partial charge in [0, 0.05) is 12.0 Å². The summed E-state index contributed by atoms with van der Waals surface area (Å²) < 4.78 is 0. The molecule has 1 heteroatoms. The summed E-state index contributed by atoms with van der Waals surface area (Å²) in [6.45, 7) is 0. The van der Waals surface area contributed by atoms with Gasteiger partial charge in [-0.3, -0.25) is 4.79 Å². The SMILES string of the molecule is O=C1CCc2ccc3c(ccc4ccccc43)c21. The van der Waals surface area contributed by atoms with Gasteiger partial charge in [-0.15, -0.1) is 0 Å². The smallest absolute Gasteiger partial charge is 0.164 e. The predicted octanol–water partition coefficient (Wildman–Crippen LogP) is 4.12. The van der Waals surface area contributed by atoms with E-state index >= 15 is 0 Å². The van der Waals surface area contributed by atoms with Gasteiger partial charge in [-0.1, -0.05) is 48.5 Å². The molecule has 0 unspecified atom stereocenters. The lowest BCUT2D eigenvalue weighted by molar-refractivity contribution is 0.0996. The minimum absolute atomic E-state index is 0.297. The van der Waals surface area contributed by atoms with Gasteiger partial charge >= 0.3 is 0 Å². The van der Waals surface area contributed by atoms with Crippen molar-refractivity contribution in [1.29, 1.82) is 0 Å². The third kappa shape index (κ3) is 1.19. The van der Waals surface area contributed by atoms with E-state index in [9.17, 15) is 4.79 Å². The molecule has 0 spiro atoms. The van der Waals surface area contributed by atoms with E-state index in [0.29, 0.717) is 12.2 Å². The molecule has 1 aliphatic carbocycles. The first kappa shape index (κ1) is 9.84. The van der Waals surface area contributed by atoms with Crippen LogP contribution in [0.25, 0.3) is 21.5 Å². The van der Waals surface area contributed by atoms with E-state index < -0.39 is 0 Å². The van der Waals surface area contributed by atoms with Gasteiger partial charge in [0.15, 0.2) is 5.78 Å². The van der Waals surface area contributed by atoms with Crippen molar-refractivity contribution >= 4 is 27.3 Å². The van der Waals surface area contributed by atoms with Crippen LogP contribution in [-0.2, 0) is 6.42 Å². The molecule has 18 heavy (non-hydrogen) atoms. The van der Waals surface area contributed by atoms with Gasteiger partial charge in [0.1, 0.15) is 0 Å². The fourth-order valence-corrected chi connectivity index (χ4v) is 3.04. The fourth-order valence-electron chi connectivity index (χ4n) is 3.04. The summed E-state index contributed by atoms with van der Waals surface area (Å²) in [5.74, 6) is 0.297. The highest BCUT2D eigenvalue weighted by Crippen LogP contribution is 2.33. The molecular formula is C17H12O. The molecule has 0 saturated carbocycles. The largest absolute Gasteiger partial charge is 0.294 e. The molecule has 0 fully saturated rings. The first-order valence-electron chi connectivity index (χ1n) is 6.31. The quantitative estimate of drug-likeness (QED) is 0.533. The number of carbonyl (C=O) groups excluding carboxylic acids is 1. The van der Waals surface area contributed by atoms with E-state index in [1.807, 2.05) is 6.07 Å². The zero-order valence-corrected chi connectivity index (χ0v) is 9.94. The second kappa shape index (κ2) is 3.42. The summed E-state index contributed by atoms with van der Waals surface area (Å²) in [6, 6.07) is 16.8. The minimum atomic E-state index is 0.297. The molecule has 4 rings (SSSR count). The van der Waals surface area contributed by atoms with Crippen LogP contribution in [0.4, 0.5) is 0 Å². The molecule has 0 aliphatic heterocycles. The molecule has 86 valence electrons. The molecule has 1 aliphatic rings. The second-order valence-electron chi connectivity index (χ2n) is 4.90. The van der Waals surface area contributed by atoms with E-state index in [-0.39, 0.29) is 0 Å². The van der Waals surface area contributed by atoms with Gasteiger partial charge in [-0.05, 0) is 33.5 Å². The monoisotopic (exact) mass is 232 g/mol. The number of benzene rings is 3. The number of fused-ring (bicyclic) bond motifs is 5. The molecule has 1 nitrogen and oxygen atoms in total. The maximum Gasteiger partial charge on any atom is 0.164 e. The Labute approximate surface area is 105 Å². The van der Waals surface area contributed by atoms with Crippen LogP contribution >= 0.6 is 0 Å². The highest BCUT2D eigenvalue weighted by atomic mass is 16.1. The van der Waals surface area contributed by atoms with Crippen molar-refractivity contribution in [1.82, 2.24) is 0 Å². The summed E-state index contributed by atoms with van der Waals surface area (Å²) >= 11 is 0. The third-order valence-corrected chi connectivity index (χ3v) is 3.91. The Morgan fingerprint density at radius 3 is 2.50 bits per heavy atom. The summed E-state index contributed by atoms with van der Waals surface area (Å²) in [7, 11) is 0. The van der Waals surface area contributed by atoms with Crippen molar-refractivity contribution in [3.63, 3.8) is 0 Å². The highest BCUT2D eigenvalue weighted by molar-refractivity contribution is 6.17. The van der Waals surface area contributed by atoms with Crippen LogP contribution in [0.1, 0.15) is 22.3 Å². The number of hydrogen-bond acceptors (Lipinski definition) is 1. The molecule has 0 bridgehead atoms. The summed E-state index contributed by atoms with van der Waals surface area (Å²) in [5, 5.41) is 4.78. The maximum absolute atomic E-state index is 12.0. The molecule has 3 aromatic carbocycles. The minimum Gasteiger partial charge on any atom is -0.294 e. The first-order chi connectivity index (χ1) is 8.84. The first-order valence-corrected chi connectivity index (χ1v) is 6.31. The second-order valence-corrected chi connectivity index (χ2v) is 4.90. The predicted molar refractivity (Wildman–Crippen MR) is 74.1 cm³/mol. The van der Waals surface area contributed by atoms with Gasteiger partial charge in [0.05, 0.1) is 0 Å². The average Bonchev–Trinajstić information content (AvgIpc) is 2.80. The normalized spacial score (nSPS) is 14.3. The number of Topliss-reactive ketones (excluding diaryl/α,β-unsaturated/α-hetero) is 1. The molecule has 0 heterocycles. The van der Waals surface area contributed by atoms with Crippen LogP contribution in [0.15, 0.2) is 48.5 Å². The standard InChI is InChI=1S/C17H12O/c18-16-10-7-12-6-8-14-13-4-2-1-3-11(13)5-9-15(14)17(12)16/h1-6,8-9H,7,10H2. The number of carbonyl (C=O) groups is 1. The van der Waals surface area contributed by atoms with Crippen LogP contribution < -0.4 is 0 Å². The van der Waals surface area contributed by atoms with E-state index in [4.69, 9.17) is 0 Å². The van der Waals surface area contributed by atoms with E-state index in [1.54, 1.807) is 0 Å². The number of ketones is 1. The van der Waals surface area contributed by atoms with Gasteiger partial charge in [0.25, 0.3) is 0 Å². The van der Waals surface area contributed by atoms with Gasteiger partial charge in [0.2, 0.25) is 0 Å². The molecule has 3 aromatic rings. The van der Waals surface area contributed by atoms with Crippen molar-refractivity contribution in [3.05, 3.63) is 59.7 Å². The molecule has 0 aromatic heterocycles. The summed E-state index contributed by atoms with van der Waals surface area (Å²) in [4.78, 5) is 12.0. The molecule has 0 radical (unpaired) electrons. The van der Waals surface area contributed by atoms with Gasteiger partial charge in [-0.2, -0.15) is 0 Å². The molecule has 0 amide bonds. The Bertz CT molecular complexity index is 799. The molecule has 0 atom stereocenters. The topological polar surface area (TPSA) is 17.1 Å². The van der Waals surface area contributed by atoms with Crippen LogP contribution in [-0.4, -0.2) is 5.78 Å². The van der Waals surface area contributed by atoms with E-state index in [1.165, 1.54) is 21.7 Å². The lowest BCUT2D eigenvalue weighted by Gasteiger charge is -2.07. The highest BCUT2D eigenvalue weighted by Gasteiger charge is 2.22. The average molecular weight is 232 g/mol. The van der Waals surface area contributed by atoms with Gasteiger partial charge < -0.3 is 0 Å². The van der Waals surface area contributed by atoms with Crippen LogP contribution in [0.3, 0.4) is 0 Å². The molecular weight excluding hydrogens is 220 g/mol. The maximum atomic E-state index is 12.0. The van der Waals surface area contributed by atoms with Crippen LogP contribution in [0.2, 0.25) is 0 Å². The Kier molecular flexibility index (Phi) is 1.87. The van der Waals surface area contributed by atoms with Gasteiger partial charge in [-0.25, -0.2) is 0 Å². The zero-order chi connectivity index (χ0) is 12.1. The number of hydrogen-bond donors (Lipinski definition) is 0. The number of rotatable bonds is 0. The summed E-state index contributed by atoms with van der Waals surface area (Å²) in [5.41, 5.74) is 2.17. The number of aryl methyl sites for hydroxylation is 1. The van der Waals surface area contributed by atoms with Crippen molar-refractivity contribution in [2.75, 3.05) is 0 Å². The lowest BCUT2D eigenvalue weighted by Crippen LogP contribution is -1.93. The lowest BCUT2D eigenvalue weighted by atomic mass is 9.96. The van der Waals surface area contributed by atoms with E-state index in [0.717, 1.165) is 17.4 Å². The Hall–Kier alpha value is -2.15. The Balaban J connectivity index is 2.23. The Morgan fingerprint density at radius 2 is 1.56 bits per heavy atom. The van der Waals surface area contributed by atoms with Crippen molar-refractivity contribution in [2.24, 2.45) is 0 Å². The van der Waals surface area contributed by atoms with Crippen LogP contribution in [0, 0.1) is 0 Å².